The monoisotopic (exact) mass is 229 g/mol. The summed E-state index contributed by atoms with van der Waals surface area (Å²) in [5.41, 5.74) is 3.52. The van der Waals surface area contributed by atoms with Crippen molar-refractivity contribution in [2.24, 2.45) is 5.29 Å². The summed E-state index contributed by atoms with van der Waals surface area (Å²) in [5, 5.41) is 2.57. The Morgan fingerprint density at radius 3 is 2.94 bits per heavy atom. The SMILES string of the molecule is CCCn1cnc2c(NN=O)ncnc21.[Na]. The second kappa shape index (κ2) is 5.88. The Morgan fingerprint density at radius 2 is 2.25 bits per heavy atom. The van der Waals surface area contributed by atoms with Gasteiger partial charge in [0, 0.05) is 36.1 Å². The second-order valence-electron chi connectivity index (χ2n) is 3.04. The van der Waals surface area contributed by atoms with E-state index in [0.717, 1.165) is 13.0 Å². The summed E-state index contributed by atoms with van der Waals surface area (Å²) in [6, 6.07) is 0. The van der Waals surface area contributed by atoms with Gasteiger partial charge in [0.05, 0.1) is 11.6 Å². The maximum Gasteiger partial charge on any atom is 0.180 e. The molecule has 2 rings (SSSR count). The average Bonchev–Trinajstić information content (AvgIpc) is 2.64. The zero-order chi connectivity index (χ0) is 10.7. The first-order chi connectivity index (χ1) is 7.36. The number of fused-ring (bicyclic) bond motifs is 1. The van der Waals surface area contributed by atoms with Crippen molar-refractivity contribution >= 4 is 46.5 Å². The largest absolute Gasteiger partial charge is 0.315 e. The van der Waals surface area contributed by atoms with E-state index >= 15 is 0 Å². The topological polar surface area (TPSA) is 85.1 Å². The van der Waals surface area contributed by atoms with Gasteiger partial charge in [-0.25, -0.2) is 20.4 Å². The standard InChI is InChI=1S/C8H10N6O.Na/c1-2-3-14-5-11-6-7(12-13-15)9-4-10-8(6)14;/h4-5H,2-3H2,1H3,(H,9,10,12,15);. The normalized spacial score (nSPS) is 9.81. The van der Waals surface area contributed by atoms with Crippen molar-refractivity contribution in [3.8, 4) is 0 Å². The Hall–Kier alpha value is -1.05. The van der Waals surface area contributed by atoms with Gasteiger partial charge < -0.3 is 4.57 Å². The molecule has 0 atom stereocenters. The van der Waals surface area contributed by atoms with E-state index in [2.05, 4.69) is 32.6 Å². The van der Waals surface area contributed by atoms with Gasteiger partial charge in [0.15, 0.2) is 17.0 Å². The number of aryl methyl sites for hydroxylation is 1. The number of nitroso groups, excluding NO2 is 1. The number of nitrogens with zero attached hydrogens (tertiary/aromatic N) is 5. The van der Waals surface area contributed by atoms with Crippen LogP contribution in [0.2, 0.25) is 0 Å². The second-order valence-corrected chi connectivity index (χ2v) is 3.04. The molecule has 0 spiro atoms. The van der Waals surface area contributed by atoms with Crippen LogP contribution in [-0.2, 0) is 6.54 Å². The molecular weight excluding hydrogens is 219 g/mol. The molecule has 0 fully saturated rings. The zero-order valence-electron chi connectivity index (χ0n) is 9.21. The van der Waals surface area contributed by atoms with Crippen LogP contribution in [-0.4, -0.2) is 49.1 Å². The third kappa shape index (κ3) is 2.37. The van der Waals surface area contributed by atoms with E-state index in [1.165, 1.54) is 6.33 Å². The van der Waals surface area contributed by atoms with Crippen LogP contribution in [0.4, 0.5) is 5.82 Å². The van der Waals surface area contributed by atoms with Crippen LogP contribution in [0.1, 0.15) is 13.3 Å². The fourth-order valence-corrected chi connectivity index (χ4v) is 1.41. The van der Waals surface area contributed by atoms with Crippen molar-refractivity contribution in [3.05, 3.63) is 17.6 Å². The van der Waals surface area contributed by atoms with E-state index in [0.29, 0.717) is 17.0 Å². The van der Waals surface area contributed by atoms with Crippen molar-refractivity contribution in [2.75, 3.05) is 5.43 Å². The number of anilines is 1. The predicted molar refractivity (Wildman–Crippen MR) is 60.8 cm³/mol. The molecule has 0 aliphatic heterocycles. The van der Waals surface area contributed by atoms with E-state index in [1.807, 2.05) is 4.57 Å². The number of hydrogen-bond donors (Lipinski definition) is 1. The van der Waals surface area contributed by atoms with Crippen molar-refractivity contribution < 1.29 is 0 Å². The molecule has 0 saturated carbocycles. The zero-order valence-corrected chi connectivity index (χ0v) is 11.2. The van der Waals surface area contributed by atoms with Crippen LogP contribution in [0.25, 0.3) is 11.2 Å². The van der Waals surface area contributed by atoms with Gasteiger partial charge in [-0.2, -0.15) is 0 Å². The van der Waals surface area contributed by atoms with Crippen LogP contribution in [0.15, 0.2) is 17.9 Å². The van der Waals surface area contributed by atoms with E-state index in [4.69, 9.17) is 0 Å². The number of hydrogen-bond acceptors (Lipinski definition) is 5. The van der Waals surface area contributed by atoms with Gasteiger partial charge in [0.25, 0.3) is 0 Å². The molecule has 2 aromatic rings. The van der Waals surface area contributed by atoms with Crippen molar-refractivity contribution in [3.63, 3.8) is 0 Å². The molecule has 16 heavy (non-hydrogen) atoms. The van der Waals surface area contributed by atoms with Gasteiger partial charge in [0.2, 0.25) is 0 Å². The molecule has 0 aliphatic carbocycles. The molecule has 2 aromatic heterocycles. The summed E-state index contributed by atoms with van der Waals surface area (Å²) >= 11 is 0. The fraction of sp³-hybridized carbons (Fsp3) is 0.375. The van der Waals surface area contributed by atoms with Gasteiger partial charge in [-0.3, -0.25) is 0 Å². The molecule has 1 N–H and O–H groups in total. The van der Waals surface area contributed by atoms with Crippen molar-refractivity contribution in [1.29, 1.82) is 0 Å². The van der Waals surface area contributed by atoms with Crippen LogP contribution in [0.3, 0.4) is 0 Å². The molecular formula is C8H10N6NaO. The fourth-order valence-electron chi connectivity index (χ4n) is 1.41. The van der Waals surface area contributed by atoms with Crippen LogP contribution < -0.4 is 5.43 Å². The Kier molecular flexibility index (Phi) is 4.78. The summed E-state index contributed by atoms with van der Waals surface area (Å²) in [7, 11) is 0. The number of aromatic nitrogens is 4. The molecule has 8 heteroatoms. The predicted octanol–water partition coefficient (Wildman–Crippen LogP) is 0.949. The Labute approximate surface area is 114 Å². The van der Waals surface area contributed by atoms with E-state index < -0.39 is 0 Å². The molecule has 79 valence electrons. The first-order valence-corrected chi connectivity index (χ1v) is 4.61. The van der Waals surface area contributed by atoms with Gasteiger partial charge in [-0.15, -0.1) is 4.91 Å². The molecule has 0 bridgehead atoms. The Bertz CT molecular complexity index is 484. The molecule has 0 aliphatic rings. The smallest absolute Gasteiger partial charge is 0.180 e. The van der Waals surface area contributed by atoms with Gasteiger partial charge >= 0.3 is 0 Å². The van der Waals surface area contributed by atoms with Gasteiger partial charge in [-0.05, 0) is 6.42 Å². The number of rotatable bonds is 4. The summed E-state index contributed by atoms with van der Waals surface area (Å²) in [6.45, 7) is 2.90. The first kappa shape index (κ1) is 13.0. The van der Waals surface area contributed by atoms with Crippen LogP contribution >= 0.6 is 0 Å². The minimum Gasteiger partial charge on any atom is -0.315 e. The molecule has 7 nitrogen and oxygen atoms in total. The third-order valence-corrected chi connectivity index (χ3v) is 2.02. The number of imidazole rings is 1. The van der Waals surface area contributed by atoms with E-state index in [1.54, 1.807) is 6.33 Å². The van der Waals surface area contributed by atoms with Crippen LogP contribution in [0, 0.1) is 4.91 Å². The molecule has 0 amide bonds. The summed E-state index contributed by atoms with van der Waals surface area (Å²) in [6.07, 6.45) is 4.05. The third-order valence-electron chi connectivity index (χ3n) is 2.02. The summed E-state index contributed by atoms with van der Waals surface area (Å²) < 4.78 is 1.91. The minimum atomic E-state index is 0. The Morgan fingerprint density at radius 1 is 1.44 bits per heavy atom. The van der Waals surface area contributed by atoms with Gasteiger partial charge in [0.1, 0.15) is 6.33 Å². The molecule has 0 unspecified atom stereocenters. The van der Waals surface area contributed by atoms with Crippen molar-refractivity contribution in [1.82, 2.24) is 19.5 Å². The van der Waals surface area contributed by atoms with E-state index in [-0.39, 0.29) is 29.6 Å². The molecule has 0 aromatic carbocycles. The summed E-state index contributed by atoms with van der Waals surface area (Å²) in [5.74, 6) is 0.338. The molecule has 2 heterocycles. The molecule has 0 saturated heterocycles. The number of nitrogens with one attached hydrogen (secondary N) is 1. The first-order valence-electron chi connectivity index (χ1n) is 4.61. The van der Waals surface area contributed by atoms with Gasteiger partial charge in [-0.1, -0.05) is 6.92 Å². The maximum absolute atomic E-state index is 10.1. The van der Waals surface area contributed by atoms with Crippen molar-refractivity contribution in [2.45, 2.75) is 19.9 Å². The average molecular weight is 229 g/mol. The van der Waals surface area contributed by atoms with E-state index in [9.17, 15) is 4.91 Å². The quantitative estimate of drug-likeness (QED) is 0.479. The molecule has 1 radical (unpaired) electrons. The van der Waals surface area contributed by atoms with Crippen LogP contribution in [0.5, 0.6) is 0 Å². The minimum absolute atomic E-state index is 0. The summed E-state index contributed by atoms with van der Waals surface area (Å²) in [4.78, 5) is 22.2. The maximum atomic E-state index is 10.1. The Balaban J connectivity index is 0.00000128.